The molecule has 0 saturated carbocycles. The van der Waals surface area contributed by atoms with Crippen LogP contribution in [0.1, 0.15) is 30.9 Å². The van der Waals surface area contributed by atoms with Gasteiger partial charge in [-0.2, -0.15) is 0 Å². The van der Waals surface area contributed by atoms with E-state index in [1.165, 1.54) is 23.3 Å². The maximum absolute atomic E-state index is 13.7. The van der Waals surface area contributed by atoms with Crippen molar-refractivity contribution in [1.82, 2.24) is 4.72 Å². The lowest BCUT2D eigenvalue weighted by atomic mass is 10.0. The number of nitrogens with one attached hydrogen (secondary N) is 1. The first-order valence-electron chi connectivity index (χ1n) is 12.2. The van der Waals surface area contributed by atoms with E-state index in [0.29, 0.717) is 42.4 Å². The van der Waals surface area contributed by atoms with Gasteiger partial charge >= 0.3 is 6.36 Å². The van der Waals surface area contributed by atoms with Crippen molar-refractivity contribution in [3.63, 3.8) is 0 Å². The minimum Gasteiger partial charge on any atom is -0.406 e. The summed E-state index contributed by atoms with van der Waals surface area (Å²) in [6, 6.07) is 19.3. The van der Waals surface area contributed by atoms with Crippen LogP contribution in [0.3, 0.4) is 0 Å². The van der Waals surface area contributed by atoms with E-state index in [9.17, 15) is 17.4 Å². The molecule has 10 heteroatoms. The predicted molar refractivity (Wildman–Crippen MR) is 142 cm³/mol. The summed E-state index contributed by atoms with van der Waals surface area (Å²) in [5.41, 5.74) is 4.66. The van der Waals surface area contributed by atoms with Crippen LogP contribution in [0.2, 0.25) is 5.02 Å². The summed E-state index contributed by atoms with van der Waals surface area (Å²) >= 11 is 6.35. The summed E-state index contributed by atoms with van der Waals surface area (Å²) in [7, 11) is -3.03. The van der Waals surface area contributed by atoms with Gasteiger partial charge in [0.05, 0.1) is 4.90 Å². The van der Waals surface area contributed by atoms with Crippen LogP contribution >= 0.6 is 11.6 Å². The lowest BCUT2D eigenvalue weighted by Crippen LogP contribution is -2.28. The van der Waals surface area contributed by atoms with Crippen LogP contribution < -0.4 is 14.4 Å². The molecular formula is C27H29ClF3N3O2S. The van der Waals surface area contributed by atoms with Crippen LogP contribution in [-0.4, -0.2) is 30.2 Å². The van der Waals surface area contributed by atoms with Crippen LogP contribution in [0.5, 0.6) is 5.75 Å². The monoisotopic (exact) mass is 551 g/mol. The number of hydrogen-bond donors (Lipinski definition) is 1. The number of alkyl halides is 3. The van der Waals surface area contributed by atoms with Gasteiger partial charge in [-0.1, -0.05) is 42.8 Å². The van der Waals surface area contributed by atoms with E-state index in [1.54, 1.807) is 0 Å². The van der Waals surface area contributed by atoms with Gasteiger partial charge in [0, 0.05) is 36.0 Å². The Morgan fingerprint density at radius 2 is 1.73 bits per heavy atom. The Morgan fingerprint density at radius 1 is 1.03 bits per heavy atom. The van der Waals surface area contributed by atoms with Gasteiger partial charge in [0.15, 0.2) is 0 Å². The minimum atomic E-state index is -4.79. The first-order valence-corrected chi connectivity index (χ1v) is 14.0. The highest BCUT2D eigenvalue weighted by Crippen LogP contribution is 2.37. The molecule has 1 aliphatic heterocycles. The molecule has 0 radical (unpaired) electrons. The molecule has 0 fully saturated rings. The smallest absolute Gasteiger partial charge is 0.406 e. The Balaban J connectivity index is 1.51. The van der Waals surface area contributed by atoms with Crippen molar-refractivity contribution in [1.29, 1.82) is 0 Å². The van der Waals surface area contributed by atoms with Crippen molar-refractivity contribution in [3.8, 4) is 5.75 Å². The Kier molecular flexibility index (Phi) is 8.67. The van der Waals surface area contributed by atoms with E-state index in [-0.39, 0.29) is 5.75 Å². The zero-order chi connectivity index (χ0) is 26.5. The van der Waals surface area contributed by atoms with Crippen molar-refractivity contribution < 1.29 is 22.1 Å². The van der Waals surface area contributed by atoms with Gasteiger partial charge in [0.1, 0.15) is 15.7 Å². The number of ether oxygens (including phenoxy) is 1. The quantitative estimate of drug-likeness (QED) is 0.284. The number of nitrogens with zero attached hydrogens (tertiary/aromatic N) is 2. The molecule has 0 aromatic heterocycles. The third-order valence-corrected chi connectivity index (χ3v) is 8.30. The highest BCUT2D eigenvalue weighted by Gasteiger charge is 2.31. The van der Waals surface area contributed by atoms with E-state index >= 15 is 0 Å². The van der Waals surface area contributed by atoms with Gasteiger partial charge < -0.3 is 9.64 Å². The van der Waals surface area contributed by atoms with E-state index in [1.807, 2.05) is 31.2 Å². The van der Waals surface area contributed by atoms with Crippen molar-refractivity contribution in [2.24, 2.45) is 4.36 Å². The van der Waals surface area contributed by atoms with Gasteiger partial charge in [-0.05, 0) is 79.3 Å². The highest BCUT2D eigenvalue weighted by molar-refractivity contribution is 7.91. The SMILES string of the molecule is CCCN=[S@](=O)(NCCCN1c2ccccc2CCc2ccc(Cl)cc21)c1ccc(OC(F)(F)F)cc1. The molecule has 3 aromatic carbocycles. The molecule has 1 heterocycles. The van der Waals surface area contributed by atoms with Crippen molar-refractivity contribution >= 4 is 32.9 Å². The topological polar surface area (TPSA) is 53.9 Å². The molecule has 198 valence electrons. The van der Waals surface area contributed by atoms with E-state index < -0.39 is 16.3 Å². The van der Waals surface area contributed by atoms with Crippen molar-refractivity contribution in [2.75, 3.05) is 24.5 Å². The van der Waals surface area contributed by atoms with Gasteiger partial charge in [0.25, 0.3) is 0 Å². The highest BCUT2D eigenvalue weighted by atomic mass is 35.5. The fourth-order valence-corrected chi connectivity index (χ4v) is 6.26. The molecular weight excluding hydrogens is 523 g/mol. The molecule has 37 heavy (non-hydrogen) atoms. The van der Waals surface area contributed by atoms with Crippen molar-refractivity contribution in [2.45, 2.75) is 43.9 Å². The second-order valence-electron chi connectivity index (χ2n) is 8.70. The number of para-hydroxylation sites is 1. The Labute approximate surface area is 220 Å². The Morgan fingerprint density at radius 3 is 2.43 bits per heavy atom. The van der Waals surface area contributed by atoms with Gasteiger partial charge in [-0.25, -0.2) is 13.3 Å². The van der Waals surface area contributed by atoms with Crippen LogP contribution in [0.15, 0.2) is 76.0 Å². The minimum absolute atomic E-state index is 0.313. The molecule has 3 aromatic rings. The first kappa shape index (κ1) is 27.3. The molecule has 0 amide bonds. The molecule has 1 atom stereocenters. The van der Waals surface area contributed by atoms with Crippen LogP contribution in [-0.2, 0) is 22.8 Å². The van der Waals surface area contributed by atoms with Crippen LogP contribution in [0.25, 0.3) is 0 Å². The summed E-state index contributed by atoms with van der Waals surface area (Å²) in [5.74, 6) is -0.370. The summed E-state index contributed by atoms with van der Waals surface area (Å²) in [6.45, 7) is 3.32. The fourth-order valence-electron chi connectivity index (χ4n) is 4.32. The number of anilines is 2. The summed E-state index contributed by atoms with van der Waals surface area (Å²) in [6.07, 6.45) is -1.61. The largest absolute Gasteiger partial charge is 0.573 e. The second kappa shape index (κ2) is 11.8. The lowest BCUT2D eigenvalue weighted by Gasteiger charge is -2.27. The lowest BCUT2D eigenvalue weighted by molar-refractivity contribution is -0.274. The number of aryl methyl sites for hydroxylation is 2. The van der Waals surface area contributed by atoms with E-state index in [4.69, 9.17) is 11.6 Å². The Hall–Kier alpha value is -2.75. The third-order valence-electron chi connectivity index (χ3n) is 6.01. The van der Waals surface area contributed by atoms with Gasteiger partial charge in [-0.3, -0.25) is 0 Å². The summed E-state index contributed by atoms with van der Waals surface area (Å²) < 4.78 is 62.6. The number of fused-ring (bicyclic) bond motifs is 2. The number of halogens is 4. The summed E-state index contributed by atoms with van der Waals surface area (Å²) in [4.78, 5) is 2.56. The summed E-state index contributed by atoms with van der Waals surface area (Å²) in [5, 5.41) is 0.667. The molecule has 0 aliphatic carbocycles. The Bertz CT molecular complexity index is 1340. The third kappa shape index (κ3) is 6.97. The number of rotatable bonds is 9. The number of hydrogen-bond acceptors (Lipinski definition) is 4. The maximum atomic E-state index is 13.7. The first-order chi connectivity index (χ1) is 17.7. The maximum Gasteiger partial charge on any atom is 0.573 e. The van der Waals surface area contributed by atoms with Gasteiger partial charge in [0.2, 0.25) is 0 Å². The molecule has 0 unspecified atom stereocenters. The predicted octanol–water partition coefficient (Wildman–Crippen LogP) is 7.31. The zero-order valence-electron chi connectivity index (χ0n) is 20.4. The average molecular weight is 552 g/mol. The molecule has 0 spiro atoms. The van der Waals surface area contributed by atoms with E-state index in [0.717, 1.165) is 36.3 Å². The molecule has 0 saturated heterocycles. The second-order valence-corrected chi connectivity index (χ2v) is 11.2. The molecule has 4 rings (SSSR count). The molecule has 5 nitrogen and oxygen atoms in total. The van der Waals surface area contributed by atoms with Gasteiger partial charge in [-0.15, -0.1) is 13.2 Å². The van der Waals surface area contributed by atoms with E-state index in [2.05, 4.69) is 36.9 Å². The van der Waals surface area contributed by atoms with Crippen LogP contribution in [0, 0.1) is 0 Å². The zero-order valence-corrected chi connectivity index (χ0v) is 22.0. The average Bonchev–Trinajstić information content (AvgIpc) is 3.01. The number of benzene rings is 3. The van der Waals surface area contributed by atoms with Crippen LogP contribution in [0.4, 0.5) is 24.5 Å². The fraction of sp³-hybridized carbons (Fsp3) is 0.333. The standard InChI is InChI=1S/C27H29ClF3N3O2S/c1-2-16-32-37(35,24-14-12-23(13-15-24)36-27(29,30)31)33-17-5-18-34-25-7-4-3-6-20(25)8-9-21-10-11-22(28)19-26(21)34/h3-4,6-7,10-15,19H,2,5,8-9,16-18H2,1H3,(H,32,33,35)/t37-/m0/s1. The van der Waals surface area contributed by atoms with Crippen molar-refractivity contribution in [3.05, 3.63) is 82.9 Å². The normalized spacial score (nSPS) is 14.8. The molecule has 1 N–H and O–H groups in total. The molecule has 0 bridgehead atoms. The molecule has 1 aliphatic rings.